The average Bonchev–Trinajstić information content (AvgIpc) is 3.16. The second kappa shape index (κ2) is 9.61. The van der Waals surface area contributed by atoms with Crippen LogP contribution in [0, 0.1) is 24.5 Å². The summed E-state index contributed by atoms with van der Waals surface area (Å²) in [6, 6.07) is 11.5. The van der Waals surface area contributed by atoms with Crippen molar-refractivity contribution >= 4 is 5.91 Å². The number of aryl methyl sites for hydroxylation is 1. The molecule has 1 saturated heterocycles. The first-order valence-corrected chi connectivity index (χ1v) is 11.0. The number of aromatic nitrogens is 2. The van der Waals surface area contributed by atoms with E-state index in [2.05, 4.69) is 10.2 Å². The first-order valence-electron chi connectivity index (χ1n) is 11.0. The van der Waals surface area contributed by atoms with Gasteiger partial charge in [0, 0.05) is 49.9 Å². The molecule has 2 heterocycles. The topological polar surface area (TPSA) is 50.2 Å². The molecule has 32 heavy (non-hydrogen) atoms. The SMILES string of the molecule is CC(=O)NC[C@H]1CCCN(Cc2cn(-c3ccc(F)cc3F)nc2-c2ccccc2C)C1. The molecule has 0 aliphatic carbocycles. The van der Waals surface area contributed by atoms with Crippen molar-refractivity contribution in [3.63, 3.8) is 0 Å². The third kappa shape index (κ3) is 5.05. The number of likely N-dealkylation sites (tertiary alicyclic amines) is 1. The van der Waals surface area contributed by atoms with Gasteiger partial charge in [0.15, 0.2) is 5.82 Å². The van der Waals surface area contributed by atoms with Crippen molar-refractivity contribution in [1.82, 2.24) is 20.0 Å². The summed E-state index contributed by atoms with van der Waals surface area (Å²) < 4.78 is 29.4. The summed E-state index contributed by atoms with van der Waals surface area (Å²) in [6.07, 6.45) is 3.99. The molecule has 0 radical (unpaired) electrons. The largest absolute Gasteiger partial charge is 0.356 e. The highest BCUT2D eigenvalue weighted by molar-refractivity contribution is 5.72. The number of amides is 1. The molecule has 1 fully saturated rings. The van der Waals surface area contributed by atoms with Gasteiger partial charge in [-0.2, -0.15) is 5.10 Å². The predicted octanol–water partition coefficient (Wildman–Crippen LogP) is 4.47. The van der Waals surface area contributed by atoms with Crippen LogP contribution in [0.15, 0.2) is 48.7 Å². The molecule has 1 amide bonds. The van der Waals surface area contributed by atoms with Gasteiger partial charge in [-0.1, -0.05) is 24.3 Å². The van der Waals surface area contributed by atoms with Crippen LogP contribution in [-0.2, 0) is 11.3 Å². The number of halogens is 2. The maximum absolute atomic E-state index is 14.5. The lowest BCUT2D eigenvalue weighted by Gasteiger charge is -2.32. The van der Waals surface area contributed by atoms with Crippen LogP contribution in [0.1, 0.15) is 30.9 Å². The quantitative estimate of drug-likeness (QED) is 0.618. The van der Waals surface area contributed by atoms with Crippen LogP contribution in [0.3, 0.4) is 0 Å². The lowest BCUT2D eigenvalue weighted by Crippen LogP contribution is -2.40. The van der Waals surface area contributed by atoms with Gasteiger partial charge in [0.25, 0.3) is 0 Å². The van der Waals surface area contributed by atoms with Gasteiger partial charge in [0.1, 0.15) is 11.5 Å². The van der Waals surface area contributed by atoms with Crippen LogP contribution < -0.4 is 5.32 Å². The molecule has 1 N–H and O–H groups in total. The van der Waals surface area contributed by atoms with Gasteiger partial charge < -0.3 is 5.32 Å². The molecule has 1 atom stereocenters. The molecule has 168 valence electrons. The van der Waals surface area contributed by atoms with E-state index in [-0.39, 0.29) is 11.6 Å². The highest BCUT2D eigenvalue weighted by Gasteiger charge is 2.23. The second-order valence-corrected chi connectivity index (χ2v) is 8.54. The summed E-state index contributed by atoms with van der Waals surface area (Å²) in [5.41, 5.74) is 4.09. The van der Waals surface area contributed by atoms with Gasteiger partial charge in [-0.05, 0) is 49.9 Å². The number of carbonyl (C=O) groups is 1. The Kier molecular flexibility index (Phi) is 6.65. The Morgan fingerprint density at radius 3 is 2.78 bits per heavy atom. The van der Waals surface area contributed by atoms with E-state index in [1.165, 1.54) is 23.7 Å². The van der Waals surface area contributed by atoms with E-state index in [1.807, 2.05) is 37.4 Å². The number of rotatable bonds is 6. The van der Waals surface area contributed by atoms with Crippen LogP contribution in [0.25, 0.3) is 16.9 Å². The second-order valence-electron chi connectivity index (χ2n) is 8.54. The lowest BCUT2D eigenvalue weighted by atomic mass is 9.97. The predicted molar refractivity (Wildman–Crippen MR) is 120 cm³/mol. The smallest absolute Gasteiger partial charge is 0.216 e. The molecule has 0 unspecified atom stereocenters. The minimum absolute atomic E-state index is 0.00781. The molecule has 3 aromatic rings. The van der Waals surface area contributed by atoms with Crippen LogP contribution in [0.4, 0.5) is 8.78 Å². The number of nitrogens with zero attached hydrogens (tertiary/aromatic N) is 3. The Morgan fingerprint density at radius 2 is 2.03 bits per heavy atom. The Balaban J connectivity index is 1.65. The minimum atomic E-state index is -0.649. The maximum atomic E-state index is 14.5. The Labute approximate surface area is 187 Å². The molecule has 7 heteroatoms. The van der Waals surface area contributed by atoms with E-state index >= 15 is 0 Å². The normalized spacial score (nSPS) is 16.8. The lowest BCUT2D eigenvalue weighted by molar-refractivity contribution is -0.119. The number of benzene rings is 2. The molecule has 1 aliphatic heterocycles. The fraction of sp³-hybridized carbons (Fsp3) is 0.360. The van der Waals surface area contributed by atoms with E-state index in [4.69, 9.17) is 5.10 Å². The highest BCUT2D eigenvalue weighted by atomic mass is 19.1. The van der Waals surface area contributed by atoms with Crippen molar-refractivity contribution < 1.29 is 13.6 Å². The van der Waals surface area contributed by atoms with Crippen molar-refractivity contribution in [2.45, 2.75) is 33.2 Å². The van der Waals surface area contributed by atoms with E-state index in [1.54, 1.807) is 0 Å². The zero-order valence-electron chi connectivity index (χ0n) is 18.4. The Morgan fingerprint density at radius 1 is 1.22 bits per heavy atom. The number of carbonyl (C=O) groups excluding carboxylic acids is 1. The molecule has 1 aromatic heterocycles. The molecular formula is C25H28F2N4O. The molecule has 2 aromatic carbocycles. The van der Waals surface area contributed by atoms with Gasteiger partial charge in [-0.15, -0.1) is 0 Å². The number of nitrogens with one attached hydrogen (secondary N) is 1. The van der Waals surface area contributed by atoms with Crippen molar-refractivity contribution in [2.24, 2.45) is 5.92 Å². The third-order valence-corrected chi connectivity index (χ3v) is 5.98. The summed E-state index contributed by atoms with van der Waals surface area (Å²) in [5.74, 6) is -0.870. The standard InChI is InChI=1S/C25H28F2N4O/c1-17-6-3-4-8-22(17)25-20(15-30-11-5-7-19(14-30)13-28-18(2)32)16-31(29-25)24-10-9-21(26)12-23(24)27/h3-4,6,8-10,12,16,19H,5,7,11,13-15H2,1-2H3,(H,28,32)/t19-/m1/s1. The van der Waals surface area contributed by atoms with Crippen LogP contribution in [-0.4, -0.2) is 40.2 Å². The Bertz CT molecular complexity index is 1110. The average molecular weight is 439 g/mol. The van der Waals surface area contributed by atoms with Crippen LogP contribution in [0.2, 0.25) is 0 Å². The number of piperidine rings is 1. The van der Waals surface area contributed by atoms with E-state index < -0.39 is 11.6 Å². The molecule has 0 bridgehead atoms. The Hall–Kier alpha value is -3.06. The summed E-state index contributed by atoms with van der Waals surface area (Å²) in [5, 5.41) is 7.64. The maximum Gasteiger partial charge on any atom is 0.216 e. The van der Waals surface area contributed by atoms with Gasteiger partial charge in [0.05, 0.1) is 5.69 Å². The highest BCUT2D eigenvalue weighted by Crippen LogP contribution is 2.29. The molecular weight excluding hydrogens is 410 g/mol. The van der Waals surface area contributed by atoms with Gasteiger partial charge in [0.2, 0.25) is 5.91 Å². The van der Waals surface area contributed by atoms with Crippen molar-refractivity contribution in [3.05, 3.63) is 71.4 Å². The van der Waals surface area contributed by atoms with Crippen molar-refractivity contribution in [1.29, 1.82) is 0 Å². The van der Waals surface area contributed by atoms with Crippen molar-refractivity contribution in [3.8, 4) is 16.9 Å². The first kappa shape index (κ1) is 22.1. The molecule has 0 spiro atoms. The zero-order valence-corrected chi connectivity index (χ0v) is 18.4. The zero-order chi connectivity index (χ0) is 22.7. The summed E-state index contributed by atoms with van der Waals surface area (Å²) in [6.45, 7) is 6.75. The summed E-state index contributed by atoms with van der Waals surface area (Å²) in [7, 11) is 0. The molecule has 5 nitrogen and oxygen atoms in total. The van der Waals surface area contributed by atoms with Gasteiger partial charge >= 0.3 is 0 Å². The minimum Gasteiger partial charge on any atom is -0.356 e. The third-order valence-electron chi connectivity index (χ3n) is 5.98. The number of hydrogen-bond acceptors (Lipinski definition) is 3. The van der Waals surface area contributed by atoms with Gasteiger partial charge in [-0.25, -0.2) is 13.5 Å². The van der Waals surface area contributed by atoms with Crippen LogP contribution in [0.5, 0.6) is 0 Å². The fourth-order valence-corrected chi connectivity index (χ4v) is 4.37. The van der Waals surface area contributed by atoms with Crippen molar-refractivity contribution in [2.75, 3.05) is 19.6 Å². The summed E-state index contributed by atoms with van der Waals surface area (Å²) >= 11 is 0. The van der Waals surface area contributed by atoms with Gasteiger partial charge in [-0.3, -0.25) is 9.69 Å². The van der Waals surface area contributed by atoms with E-state index in [0.29, 0.717) is 19.0 Å². The fourth-order valence-electron chi connectivity index (χ4n) is 4.37. The monoisotopic (exact) mass is 438 g/mol. The summed E-state index contributed by atoms with van der Waals surface area (Å²) in [4.78, 5) is 13.6. The molecule has 4 rings (SSSR count). The molecule has 1 aliphatic rings. The number of hydrogen-bond donors (Lipinski definition) is 1. The van der Waals surface area contributed by atoms with Crippen LogP contribution >= 0.6 is 0 Å². The molecule has 0 saturated carbocycles. The van der Waals surface area contributed by atoms with E-state index in [9.17, 15) is 13.6 Å². The van der Waals surface area contributed by atoms with E-state index in [0.717, 1.165) is 54.4 Å². The first-order chi connectivity index (χ1) is 15.4.